The van der Waals surface area contributed by atoms with E-state index in [9.17, 15) is 4.79 Å². The number of benzene rings is 1. The van der Waals surface area contributed by atoms with E-state index in [0.717, 1.165) is 11.3 Å². The van der Waals surface area contributed by atoms with Gasteiger partial charge in [0.25, 0.3) is 0 Å². The Kier molecular flexibility index (Phi) is 5.79. The van der Waals surface area contributed by atoms with Crippen LogP contribution in [-0.2, 0) is 16.1 Å². The normalized spacial score (nSPS) is 12.7. The third kappa shape index (κ3) is 4.79. The van der Waals surface area contributed by atoms with Crippen LogP contribution in [0.3, 0.4) is 0 Å². The van der Waals surface area contributed by atoms with Gasteiger partial charge in [-0.3, -0.25) is 9.20 Å². The summed E-state index contributed by atoms with van der Waals surface area (Å²) >= 11 is 0. The number of nitrogens with one attached hydrogen (secondary N) is 1. The van der Waals surface area contributed by atoms with Gasteiger partial charge in [0.1, 0.15) is 6.04 Å². The van der Waals surface area contributed by atoms with Crippen LogP contribution in [0.4, 0.5) is 0 Å². The second-order valence-electron chi connectivity index (χ2n) is 7.89. The maximum atomic E-state index is 12.6. The molecule has 31 heavy (non-hydrogen) atoms. The summed E-state index contributed by atoms with van der Waals surface area (Å²) in [5, 5.41) is 11.5. The molecule has 3 N–H and O–H groups in total. The third-order valence-corrected chi connectivity index (χ3v) is 4.81. The summed E-state index contributed by atoms with van der Waals surface area (Å²) in [6.07, 6.45) is 7.17. The highest BCUT2D eigenvalue weighted by Gasteiger charge is 2.28. The second kappa shape index (κ2) is 8.66. The quantitative estimate of drug-likeness (QED) is 0.452. The molecule has 9 nitrogen and oxygen atoms in total. The van der Waals surface area contributed by atoms with Crippen molar-refractivity contribution in [2.24, 2.45) is 5.73 Å². The number of aromatic nitrogens is 5. The third-order valence-electron chi connectivity index (χ3n) is 4.81. The first kappa shape index (κ1) is 20.7. The number of hydrogen-bond acceptors (Lipinski definition) is 6. The zero-order chi connectivity index (χ0) is 21.8. The topological polar surface area (TPSA) is 112 Å². The van der Waals surface area contributed by atoms with E-state index < -0.39 is 11.6 Å². The molecule has 9 heteroatoms. The van der Waals surface area contributed by atoms with Crippen molar-refractivity contribution in [1.82, 2.24) is 29.5 Å². The Bertz CT molecular complexity index is 1150. The largest absolute Gasteiger partial charge is 0.374 e. The predicted molar refractivity (Wildman–Crippen MR) is 115 cm³/mol. The summed E-state index contributed by atoms with van der Waals surface area (Å²) < 4.78 is 9.64. The van der Waals surface area contributed by atoms with Gasteiger partial charge in [0, 0.05) is 18.6 Å². The summed E-state index contributed by atoms with van der Waals surface area (Å²) in [5.41, 5.74) is 7.55. The number of imidazole rings is 1. The van der Waals surface area contributed by atoms with Gasteiger partial charge in [-0.2, -0.15) is 0 Å². The van der Waals surface area contributed by atoms with E-state index in [1.807, 2.05) is 63.8 Å². The molecule has 1 aromatic carbocycles. The van der Waals surface area contributed by atoms with Crippen molar-refractivity contribution in [1.29, 1.82) is 0 Å². The Morgan fingerprint density at radius 2 is 2.00 bits per heavy atom. The van der Waals surface area contributed by atoms with Crippen LogP contribution in [0.25, 0.3) is 11.3 Å². The van der Waals surface area contributed by atoms with Crippen LogP contribution in [0.15, 0.2) is 67.4 Å². The van der Waals surface area contributed by atoms with Crippen LogP contribution in [0.2, 0.25) is 0 Å². The molecule has 0 saturated carbocycles. The van der Waals surface area contributed by atoms with Gasteiger partial charge in [-0.05, 0) is 31.5 Å². The number of amides is 1. The number of nitrogens with zero attached hydrogens (tertiary/aromatic N) is 5. The first-order chi connectivity index (χ1) is 14.9. The molecule has 0 saturated heterocycles. The molecule has 0 aliphatic rings. The number of ether oxygens (including phenoxy) is 1. The summed E-state index contributed by atoms with van der Waals surface area (Å²) in [7, 11) is 0. The lowest BCUT2D eigenvalue weighted by Crippen LogP contribution is -2.50. The molecule has 0 unspecified atom stereocenters. The highest BCUT2D eigenvalue weighted by Crippen LogP contribution is 2.18. The number of pyridine rings is 1. The monoisotopic (exact) mass is 419 g/mol. The molecule has 0 spiro atoms. The SMILES string of the molecule is CC(C)(N)C(=O)N[C@H](COCc1ccccc1)c1nnc2ccc(-n3ccnc3)cn12. The molecule has 0 fully saturated rings. The lowest BCUT2D eigenvalue weighted by atomic mass is 10.1. The van der Waals surface area contributed by atoms with Crippen molar-refractivity contribution >= 4 is 11.6 Å². The van der Waals surface area contributed by atoms with Crippen LogP contribution < -0.4 is 11.1 Å². The zero-order valence-electron chi connectivity index (χ0n) is 17.5. The molecule has 0 bridgehead atoms. The minimum atomic E-state index is -1.04. The van der Waals surface area contributed by atoms with Gasteiger partial charge in [0.2, 0.25) is 5.91 Å². The summed E-state index contributed by atoms with van der Waals surface area (Å²) in [4.78, 5) is 16.7. The molecule has 0 radical (unpaired) electrons. The first-order valence-electron chi connectivity index (χ1n) is 9.96. The zero-order valence-corrected chi connectivity index (χ0v) is 17.5. The molecule has 1 atom stereocenters. The highest BCUT2D eigenvalue weighted by atomic mass is 16.5. The average molecular weight is 419 g/mol. The van der Waals surface area contributed by atoms with Crippen molar-refractivity contribution in [3.8, 4) is 5.69 Å². The molecule has 3 heterocycles. The smallest absolute Gasteiger partial charge is 0.240 e. The Labute approximate surface area is 179 Å². The number of rotatable bonds is 8. The summed E-state index contributed by atoms with van der Waals surface area (Å²) in [5.74, 6) is 0.256. The molecule has 3 aromatic heterocycles. The fraction of sp³-hybridized carbons (Fsp3) is 0.273. The van der Waals surface area contributed by atoms with Gasteiger partial charge in [0.15, 0.2) is 11.5 Å². The second-order valence-corrected chi connectivity index (χ2v) is 7.89. The molecule has 0 aliphatic heterocycles. The Balaban J connectivity index is 1.62. The number of carbonyl (C=O) groups excluding carboxylic acids is 1. The fourth-order valence-electron chi connectivity index (χ4n) is 3.09. The van der Waals surface area contributed by atoms with Gasteiger partial charge in [-0.15, -0.1) is 10.2 Å². The van der Waals surface area contributed by atoms with E-state index in [0.29, 0.717) is 18.1 Å². The minimum Gasteiger partial charge on any atom is -0.374 e. The van der Waals surface area contributed by atoms with Crippen molar-refractivity contribution in [3.05, 3.63) is 78.8 Å². The Morgan fingerprint density at radius 1 is 1.19 bits per heavy atom. The molecule has 4 rings (SSSR count). The van der Waals surface area contributed by atoms with Crippen molar-refractivity contribution < 1.29 is 9.53 Å². The van der Waals surface area contributed by atoms with Gasteiger partial charge >= 0.3 is 0 Å². The molecule has 4 aromatic rings. The predicted octanol–water partition coefficient (Wildman–Crippen LogP) is 2.03. The number of fused-ring (bicyclic) bond motifs is 1. The van der Waals surface area contributed by atoms with Crippen molar-refractivity contribution in [2.75, 3.05) is 6.61 Å². The van der Waals surface area contributed by atoms with Gasteiger partial charge in [-0.1, -0.05) is 30.3 Å². The molecule has 160 valence electrons. The van der Waals surface area contributed by atoms with E-state index >= 15 is 0 Å². The lowest BCUT2D eigenvalue weighted by Gasteiger charge is -2.23. The Morgan fingerprint density at radius 3 is 2.71 bits per heavy atom. The number of nitrogens with two attached hydrogens (primary N) is 1. The number of carbonyl (C=O) groups is 1. The van der Waals surface area contributed by atoms with Gasteiger partial charge < -0.3 is 20.4 Å². The molecule has 0 aliphatic carbocycles. The maximum Gasteiger partial charge on any atom is 0.240 e. The molecule has 1 amide bonds. The van der Waals surface area contributed by atoms with Gasteiger partial charge in [-0.25, -0.2) is 4.98 Å². The molecular weight excluding hydrogens is 394 g/mol. The van der Waals surface area contributed by atoms with Crippen LogP contribution in [0.5, 0.6) is 0 Å². The van der Waals surface area contributed by atoms with E-state index in [4.69, 9.17) is 10.5 Å². The first-order valence-corrected chi connectivity index (χ1v) is 9.96. The van der Waals surface area contributed by atoms with Crippen LogP contribution in [-0.4, -0.2) is 42.2 Å². The van der Waals surface area contributed by atoms with Crippen LogP contribution in [0.1, 0.15) is 31.3 Å². The summed E-state index contributed by atoms with van der Waals surface area (Å²) in [6, 6.07) is 13.1. The standard InChI is InChI=1S/C22H25N7O2/c1-22(2,23)21(30)25-18(14-31-13-16-6-4-3-5-7-16)20-27-26-19-9-8-17(12-29(19)20)28-11-10-24-15-28/h3-12,15,18H,13-14,23H2,1-2H3,(H,25,30)/t18-/m1/s1. The van der Waals surface area contributed by atoms with E-state index in [2.05, 4.69) is 20.5 Å². The van der Waals surface area contributed by atoms with Crippen LogP contribution >= 0.6 is 0 Å². The Hall–Kier alpha value is -3.56. The van der Waals surface area contributed by atoms with Crippen LogP contribution in [0, 0.1) is 0 Å². The van der Waals surface area contributed by atoms with E-state index in [1.54, 1.807) is 26.4 Å². The molecular formula is C22H25N7O2. The summed E-state index contributed by atoms with van der Waals surface area (Å²) in [6.45, 7) is 3.94. The van der Waals surface area contributed by atoms with Crippen molar-refractivity contribution in [3.63, 3.8) is 0 Å². The van der Waals surface area contributed by atoms with Crippen molar-refractivity contribution in [2.45, 2.75) is 32.0 Å². The average Bonchev–Trinajstić information content (AvgIpc) is 3.43. The maximum absolute atomic E-state index is 12.6. The fourth-order valence-corrected chi connectivity index (χ4v) is 3.09. The minimum absolute atomic E-state index is 0.215. The van der Waals surface area contributed by atoms with E-state index in [1.165, 1.54) is 0 Å². The highest BCUT2D eigenvalue weighted by molar-refractivity contribution is 5.85. The lowest BCUT2D eigenvalue weighted by molar-refractivity contribution is -0.126. The van der Waals surface area contributed by atoms with E-state index in [-0.39, 0.29) is 12.5 Å². The number of hydrogen-bond donors (Lipinski definition) is 2. The van der Waals surface area contributed by atoms with Gasteiger partial charge in [0.05, 0.1) is 30.8 Å².